The summed E-state index contributed by atoms with van der Waals surface area (Å²) < 4.78 is 0. The third-order valence-electron chi connectivity index (χ3n) is 2.56. The molecule has 0 heterocycles. The van der Waals surface area contributed by atoms with Gasteiger partial charge in [0.2, 0.25) is 5.91 Å². The van der Waals surface area contributed by atoms with Crippen LogP contribution in [0, 0.1) is 5.92 Å². The van der Waals surface area contributed by atoms with Crippen LogP contribution in [0.5, 0.6) is 0 Å². The molecule has 0 aromatic rings. The van der Waals surface area contributed by atoms with E-state index in [0.717, 1.165) is 25.7 Å². The fraction of sp³-hybridized carbons (Fsp3) is 0.750. The molecular formula is C12H21NO. The molecule has 1 aliphatic carbocycles. The van der Waals surface area contributed by atoms with E-state index in [1.54, 1.807) is 0 Å². The lowest BCUT2D eigenvalue weighted by Gasteiger charge is -2.27. The van der Waals surface area contributed by atoms with Gasteiger partial charge in [0.25, 0.3) is 0 Å². The number of hydrogen-bond acceptors (Lipinski definition) is 1. The molecule has 80 valence electrons. The van der Waals surface area contributed by atoms with Crippen LogP contribution in [0.2, 0.25) is 0 Å². The fourth-order valence-corrected chi connectivity index (χ4v) is 1.76. The van der Waals surface area contributed by atoms with Gasteiger partial charge >= 0.3 is 0 Å². The lowest BCUT2D eigenvalue weighted by molar-refractivity contribution is -0.127. The molecule has 0 aliphatic heterocycles. The van der Waals surface area contributed by atoms with Crippen LogP contribution in [0.4, 0.5) is 0 Å². The number of carbonyl (C=O) groups is 1. The predicted molar refractivity (Wildman–Crippen MR) is 59.0 cm³/mol. The topological polar surface area (TPSA) is 29.1 Å². The van der Waals surface area contributed by atoms with E-state index in [9.17, 15) is 4.79 Å². The van der Waals surface area contributed by atoms with Crippen LogP contribution in [-0.2, 0) is 4.79 Å². The molecular weight excluding hydrogens is 174 g/mol. The number of nitrogens with one attached hydrogen (secondary N) is 1. The van der Waals surface area contributed by atoms with E-state index < -0.39 is 0 Å². The average Bonchev–Trinajstić information content (AvgIpc) is 2.02. The first-order chi connectivity index (χ1) is 6.38. The second kappa shape index (κ2) is 4.16. The Bertz CT molecular complexity index is 227. The summed E-state index contributed by atoms with van der Waals surface area (Å²) in [6.45, 7) is 10.0. The van der Waals surface area contributed by atoms with Crippen molar-refractivity contribution in [2.45, 2.75) is 52.0 Å². The van der Waals surface area contributed by atoms with Gasteiger partial charge in [-0.2, -0.15) is 0 Å². The highest BCUT2D eigenvalue weighted by Crippen LogP contribution is 2.27. The Hall–Kier alpha value is -0.790. The van der Waals surface area contributed by atoms with Gasteiger partial charge in [-0.1, -0.05) is 12.2 Å². The zero-order valence-corrected chi connectivity index (χ0v) is 9.52. The molecule has 0 radical (unpaired) electrons. The zero-order valence-electron chi connectivity index (χ0n) is 9.52. The predicted octanol–water partition coefficient (Wildman–Crippen LogP) is 2.65. The van der Waals surface area contributed by atoms with Gasteiger partial charge < -0.3 is 5.32 Å². The van der Waals surface area contributed by atoms with Crippen molar-refractivity contribution in [1.82, 2.24) is 5.32 Å². The molecule has 1 amide bonds. The van der Waals surface area contributed by atoms with Gasteiger partial charge in [0.15, 0.2) is 0 Å². The van der Waals surface area contributed by atoms with E-state index in [1.165, 1.54) is 5.57 Å². The molecule has 0 bridgehead atoms. The van der Waals surface area contributed by atoms with Crippen molar-refractivity contribution < 1.29 is 4.79 Å². The number of amides is 1. The minimum Gasteiger partial charge on any atom is -0.351 e. The number of allylic oxidation sites excluding steroid dienone is 1. The Morgan fingerprint density at radius 3 is 2.29 bits per heavy atom. The standard InChI is InChI=1S/C12H21NO/c1-9-5-7-10(8-6-9)11(14)13-12(2,3)4/h10H,1,5-8H2,2-4H3,(H,13,14). The lowest BCUT2D eigenvalue weighted by Crippen LogP contribution is -2.44. The van der Waals surface area contributed by atoms with Crippen LogP contribution in [0.1, 0.15) is 46.5 Å². The third kappa shape index (κ3) is 3.52. The Labute approximate surface area is 86.8 Å². The van der Waals surface area contributed by atoms with Gasteiger partial charge in [0.1, 0.15) is 0 Å². The summed E-state index contributed by atoms with van der Waals surface area (Å²) >= 11 is 0. The lowest BCUT2D eigenvalue weighted by atomic mass is 9.85. The summed E-state index contributed by atoms with van der Waals surface area (Å²) in [5.74, 6) is 0.421. The molecule has 0 saturated heterocycles. The SMILES string of the molecule is C=C1CCC(C(=O)NC(C)(C)C)CC1. The van der Waals surface area contributed by atoms with Crippen LogP contribution < -0.4 is 5.32 Å². The fourth-order valence-electron chi connectivity index (χ4n) is 1.76. The Kier molecular flexibility index (Phi) is 3.35. The number of hydrogen-bond donors (Lipinski definition) is 1. The molecule has 0 aromatic carbocycles. The molecule has 0 unspecified atom stereocenters. The summed E-state index contributed by atoms with van der Waals surface area (Å²) in [6, 6.07) is 0. The highest BCUT2D eigenvalue weighted by molar-refractivity contribution is 5.79. The summed E-state index contributed by atoms with van der Waals surface area (Å²) in [6.07, 6.45) is 3.98. The van der Waals surface area contributed by atoms with Crippen molar-refractivity contribution in [3.05, 3.63) is 12.2 Å². The van der Waals surface area contributed by atoms with Crippen molar-refractivity contribution in [1.29, 1.82) is 0 Å². The Balaban J connectivity index is 2.42. The minimum absolute atomic E-state index is 0.106. The highest BCUT2D eigenvalue weighted by Gasteiger charge is 2.25. The van der Waals surface area contributed by atoms with Gasteiger partial charge in [0, 0.05) is 11.5 Å². The number of rotatable bonds is 1. The molecule has 0 aromatic heterocycles. The molecule has 1 rings (SSSR count). The largest absolute Gasteiger partial charge is 0.351 e. The normalized spacial score (nSPS) is 19.5. The maximum Gasteiger partial charge on any atom is 0.223 e. The van der Waals surface area contributed by atoms with Gasteiger partial charge in [-0.3, -0.25) is 4.79 Å². The molecule has 1 N–H and O–H groups in total. The second-order valence-corrected chi connectivity index (χ2v) is 5.26. The highest BCUT2D eigenvalue weighted by atomic mass is 16.2. The maximum atomic E-state index is 11.8. The van der Waals surface area contributed by atoms with E-state index in [0.29, 0.717) is 0 Å². The average molecular weight is 195 g/mol. The monoisotopic (exact) mass is 195 g/mol. The van der Waals surface area contributed by atoms with E-state index in [-0.39, 0.29) is 17.4 Å². The molecule has 14 heavy (non-hydrogen) atoms. The first-order valence-electron chi connectivity index (χ1n) is 5.37. The molecule has 0 atom stereocenters. The van der Waals surface area contributed by atoms with Gasteiger partial charge in [-0.05, 0) is 46.5 Å². The first kappa shape index (κ1) is 11.3. The molecule has 2 heteroatoms. The van der Waals surface area contributed by atoms with Gasteiger partial charge in [-0.15, -0.1) is 0 Å². The summed E-state index contributed by atoms with van der Waals surface area (Å²) in [5.41, 5.74) is 1.19. The van der Waals surface area contributed by atoms with E-state index in [1.807, 2.05) is 20.8 Å². The molecule has 0 spiro atoms. The quantitative estimate of drug-likeness (QED) is 0.640. The first-order valence-corrected chi connectivity index (χ1v) is 5.37. The summed E-state index contributed by atoms with van der Waals surface area (Å²) in [4.78, 5) is 11.8. The van der Waals surface area contributed by atoms with Crippen molar-refractivity contribution in [2.75, 3.05) is 0 Å². The van der Waals surface area contributed by atoms with Crippen LogP contribution in [0.3, 0.4) is 0 Å². The van der Waals surface area contributed by atoms with Crippen LogP contribution in [0.25, 0.3) is 0 Å². The Morgan fingerprint density at radius 2 is 1.86 bits per heavy atom. The van der Waals surface area contributed by atoms with Crippen LogP contribution in [0.15, 0.2) is 12.2 Å². The smallest absolute Gasteiger partial charge is 0.223 e. The van der Waals surface area contributed by atoms with Crippen molar-refractivity contribution in [3.63, 3.8) is 0 Å². The van der Waals surface area contributed by atoms with Gasteiger partial charge in [0.05, 0.1) is 0 Å². The van der Waals surface area contributed by atoms with Crippen molar-refractivity contribution in [2.24, 2.45) is 5.92 Å². The Morgan fingerprint density at radius 1 is 1.36 bits per heavy atom. The minimum atomic E-state index is -0.106. The summed E-state index contributed by atoms with van der Waals surface area (Å²) in [7, 11) is 0. The van der Waals surface area contributed by atoms with E-state index >= 15 is 0 Å². The molecule has 2 nitrogen and oxygen atoms in total. The van der Waals surface area contributed by atoms with Gasteiger partial charge in [-0.25, -0.2) is 0 Å². The molecule has 1 fully saturated rings. The van der Waals surface area contributed by atoms with Crippen molar-refractivity contribution >= 4 is 5.91 Å². The van der Waals surface area contributed by atoms with Crippen LogP contribution >= 0.6 is 0 Å². The zero-order chi connectivity index (χ0) is 10.8. The maximum absolute atomic E-state index is 11.8. The second-order valence-electron chi connectivity index (χ2n) is 5.26. The van der Waals surface area contributed by atoms with Crippen LogP contribution in [-0.4, -0.2) is 11.4 Å². The van der Waals surface area contributed by atoms with E-state index in [2.05, 4.69) is 11.9 Å². The molecule has 1 saturated carbocycles. The van der Waals surface area contributed by atoms with Crippen molar-refractivity contribution in [3.8, 4) is 0 Å². The molecule has 1 aliphatic rings. The third-order valence-corrected chi connectivity index (χ3v) is 2.56. The number of carbonyl (C=O) groups excluding carboxylic acids is 1. The summed E-state index contributed by atoms with van der Waals surface area (Å²) in [5, 5.41) is 3.04. The van der Waals surface area contributed by atoms with E-state index in [4.69, 9.17) is 0 Å².